The zero-order valence-electron chi connectivity index (χ0n) is 15.1. The zero-order chi connectivity index (χ0) is 18.8. The van der Waals surface area contributed by atoms with Gasteiger partial charge in [0.1, 0.15) is 0 Å². The van der Waals surface area contributed by atoms with E-state index in [4.69, 9.17) is 18.9 Å². The number of Topliss-reactive ketones (excluding diaryl/α,β-unsaturated/α-hetero) is 1. The molecule has 0 aromatic heterocycles. The van der Waals surface area contributed by atoms with Crippen LogP contribution in [0.3, 0.4) is 0 Å². The van der Waals surface area contributed by atoms with E-state index in [2.05, 4.69) is 0 Å². The first-order chi connectivity index (χ1) is 12.5. The number of allylic oxidation sites excluding steroid dienone is 1. The summed E-state index contributed by atoms with van der Waals surface area (Å²) in [5.41, 5.74) is 2.60. The zero-order valence-corrected chi connectivity index (χ0v) is 15.1. The fraction of sp³-hybridized carbons (Fsp3) is 0.250. The van der Waals surface area contributed by atoms with Gasteiger partial charge < -0.3 is 24.1 Å². The van der Waals surface area contributed by atoms with Crippen molar-refractivity contribution in [3.63, 3.8) is 0 Å². The molecule has 0 atom stereocenters. The van der Waals surface area contributed by atoms with E-state index < -0.39 is 0 Å². The number of ketones is 1. The van der Waals surface area contributed by atoms with Crippen LogP contribution in [0.25, 0.3) is 6.08 Å². The van der Waals surface area contributed by atoms with Crippen LogP contribution >= 0.6 is 0 Å². The first kappa shape index (κ1) is 17.7. The number of fused-ring (bicyclic) bond motifs is 1. The third-order valence-electron chi connectivity index (χ3n) is 4.39. The van der Waals surface area contributed by atoms with Gasteiger partial charge in [0.2, 0.25) is 5.75 Å². The number of aromatic hydroxyl groups is 1. The van der Waals surface area contributed by atoms with Gasteiger partial charge in [-0.1, -0.05) is 0 Å². The monoisotopic (exact) mass is 356 g/mol. The Labute approximate surface area is 151 Å². The maximum atomic E-state index is 12.7. The van der Waals surface area contributed by atoms with Crippen molar-refractivity contribution in [3.8, 4) is 28.7 Å². The Hall–Kier alpha value is -3.15. The van der Waals surface area contributed by atoms with Crippen LogP contribution in [0.5, 0.6) is 28.7 Å². The SMILES string of the molecule is COc1cc2c(cc1O)C(=O)/C(=C/c1ccc(OC)c(OC)c1OC)C2. The predicted octanol–water partition coefficient (Wildman–Crippen LogP) is 3.25. The molecular formula is C20H20O6. The standard InChI is InChI=1S/C20H20O6/c1-23-16-6-5-11(19(25-3)20(16)26-4)7-13-8-12-9-17(24-2)15(21)10-14(12)18(13)22/h5-7,9-10,21H,8H2,1-4H3/b13-7+. The number of ether oxygens (including phenoxy) is 4. The van der Waals surface area contributed by atoms with Gasteiger partial charge in [-0.05, 0) is 35.9 Å². The van der Waals surface area contributed by atoms with Gasteiger partial charge in [0.05, 0.1) is 28.4 Å². The van der Waals surface area contributed by atoms with E-state index in [1.54, 1.807) is 25.3 Å². The number of hydrogen-bond donors (Lipinski definition) is 1. The Morgan fingerprint density at radius 3 is 2.23 bits per heavy atom. The summed E-state index contributed by atoms with van der Waals surface area (Å²) in [6.07, 6.45) is 2.22. The van der Waals surface area contributed by atoms with Crippen molar-refractivity contribution in [2.45, 2.75) is 6.42 Å². The molecule has 2 aromatic rings. The molecule has 136 valence electrons. The molecule has 0 spiro atoms. The maximum absolute atomic E-state index is 12.7. The van der Waals surface area contributed by atoms with Gasteiger partial charge in [-0.3, -0.25) is 4.79 Å². The third kappa shape index (κ3) is 2.83. The van der Waals surface area contributed by atoms with E-state index in [-0.39, 0.29) is 11.5 Å². The summed E-state index contributed by atoms with van der Waals surface area (Å²) in [7, 11) is 6.09. The molecule has 1 aliphatic carbocycles. The number of carbonyl (C=O) groups excluding carboxylic acids is 1. The Balaban J connectivity index is 2.05. The molecule has 0 amide bonds. The highest BCUT2D eigenvalue weighted by atomic mass is 16.5. The molecule has 0 aliphatic heterocycles. The lowest BCUT2D eigenvalue weighted by molar-refractivity contribution is 0.104. The van der Waals surface area contributed by atoms with Gasteiger partial charge in [0, 0.05) is 23.1 Å². The van der Waals surface area contributed by atoms with E-state index in [1.807, 2.05) is 6.07 Å². The van der Waals surface area contributed by atoms with E-state index in [0.29, 0.717) is 46.1 Å². The van der Waals surface area contributed by atoms with Gasteiger partial charge in [-0.15, -0.1) is 0 Å². The van der Waals surface area contributed by atoms with Gasteiger partial charge in [-0.25, -0.2) is 0 Å². The molecule has 1 N–H and O–H groups in total. The number of hydrogen-bond acceptors (Lipinski definition) is 6. The maximum Gasteiger partial charge on any atom is 0.203 e. The summed E-state index contributed by atoms with van der Waals surface area (Å²) < 4.78 is 21.3. The lowest BCUT2D eigenvalue weighted by Crippen LogP contribution is -1.99. The molecule has 0 saturated heterocycles. The van der Waals surface area contributed by atoms with Crippen molar-refractivity contribution < 1.29 is 28.8 Å². The van der Waals surface area contributed by atoms with E-state index in [0.717, 1.165) is 5.56 Å². The lowest BCUT2D eigenvalue weighted by atomic mass is 10.1. The van der Waals surface area contributed by atoms with Gasteiger partial charge in [0.25, 0.3) is 0 Å². The summed E-state index contributed by atoms with van der Waals surface area (Å²) in [4.78, 5) is 12.7. The summed E-state index contributed by atoms with van der Waals surface area (Å²) in [6, 6.07) is 6.70. The first-order valence-corrected chi connectivity index (χ1v) is 7.98. The molecule has 6 nitrogen and oxygen atoms in total. The molecule has 2 aromatic carbocycles. The second-order valence-corrected chi connectivity index (χ2v) is 5.78. The molecule has 3 rings (SSSR count). The van der Waals surface area contributed by atoms with Crippen LogP contribution in [0.4, 0.5) is 0 Å². The van der Waals surface area contributed by atoms with Crippen LogP contribution < -0.4 is 18.9 Å². The van der Waals surface area contributed by atoms with E-state index in [1.165, 1.54) is 27.4 Å². The van der Waals surface area contributed by atoms with Crippen molar-refractivity contribution in [3.05, 3.63) is 46.5 Å². The van der Waals surface area contributed by atoms with Crippen LogP contribution in [0, 0.1) is 0 Å². The fourth-order valence-corrected chi connectivity index (χ4v) is 3.13. The second kappa shape index (κ2) is 7.00. The van der Waals surface area contributed by atoms with Crippen molar-refractivity contribution in [1.82, 2.24) is 0 Å². The van der Waals surface area contributed by atoms with E-state index >= 15 is 0 Å². The van der Waals surface area contributed by atoms with Gasteiger partial charge in [0.15, 0.2) is 28.8 Å². The third-order valence-corrected chi connectivity index (χ3v) is 4.39. The van der Waals surface area contributed by atoms with Crippen LogP contribution in [-0.4, -0.2) is 39.3 Å². The summed E-state index contributed by atoms with van der Waals surface area (Å²) >= 11 is 0. The number of phenols is 1. The molecule has 0 bridgehead atoms. The first-order valence-electron chi connectivity index (χ1n) is 7.98. The Morgan fingerprint density at radius 2 is 1.62 bits per heavy atom. The number of benzene rings is 2. The van der Waals surface area contributed by atoms with Gasteiger partial charge in [-0.2, -0.15) is 0 Å². The molecule has 0 radical (unpaired) electrons. The van der Waals surface area contributed by atoms with Crippen molar-refractivity contribution in [1.29, 1.82) is 0 Å². The van der Waals surface area contributed by atoms with Crippen molar-refractivity contribution >= 4 is 11.9 Å². The number of methoxy groups -OCH3 is 4. The molecule has 1 aliphatic rings. The Morgan fingerprint density at radius 1 is 0.923 bits per heavy atom. The predicted molar refractivity (Wildman–Crippen MR) is 96.8 cm³/mol. The molecule has 0 unspecified atom stereocenters. The van der Waals surface area contributed by atoms with Crippen LogP contribution in [0.2, 0.25) is 0 Å². The normalized spacial score (nSPS) is 14.3. The lowest BCUT2D eigenvalue weighted by Gasteiger charge is -2.14. The Bertz CT molecular complexity index is 898. The van der Waals surface area contributed by atoms with Crippen LogP contribution in [0.15, 0.2) is 29.8 Å². The van der Waals surface area contributed by atoms with Crippen LogP contribution in [-0.2, 0) is 6.42 Å². The highest BCUT2D eigenvalue weighted by Gasteiger charge is 2.27. The minimum Gasteiger partial charge on any atom is -0.504 e. The topological polar surface area (TPSA) is 74.2 Å². The minimum atomic E-state index is -0.130. The number of carbonyl (C=O) groups is 1. The van der Waals surface area contributed by atoms with Crippen LogP contribution in [0.1, 0.15) is 21.5 Å². The fourth-order valence-electron chi connectivity index (χ4n) is 3.13. The molecule has 26 heavy (non-hydrogen) atoms. The van der Waals surface area contributed by atoms with Crippen molar-refractivity contribution in [2.24, 2.45) is 0 Å². The van der Waals surface area contributed by atoms with Gasteiger partial charge >= 0.3 is 0 Å². The largest absolute Gasteiger partial charge is 0.504 e. The highest BCUT2D eigenvalue weighted by molar-refractivity contribution is 6.16. The van der Waals surface area contributed by atoms with Crippen molar-refractivity contribution in [2.75, 3.05) is 28.4 Å². The number of phenolic OH excluding ortho intramolecular Hbond substituents is 1. The molecule has 6 heteroatoms. The molecule has 0 heterocycles. The molecular weight excluding hydrogens is 336 g/mol. The number of rotatable bonds is 5. The quantitative estimate of drug-likeness (QED) is 0.829. The summed E-state index contributed by atoms with van der Waals surface area (Å²) in [5, 5.41) is 9.93. The summed E-state index contributed by atoms with van der Waals surface area (Å²) in [5.74, 6) is 1.66. The minimum absolute atomic E-state index is 0.0513. The molecule has 0 fully saturated rings. The van der Waals surface area contributed by atoms with E-state index in [9.17, 15) is 9.90 Å². The Kier molecular flexibility index (Phi) is 4.75. The second-order valence-electron chi connectivity index (χ2n) is 5.78. The summed E-state index contributed by atoms with van der Waals surface area (Å²) in [6.45, 7) is 0. The average Bonchev–Trinajstić information content (AvgIpc) is 2.95. The molecule has 0 saturated carbocycles. The smallest absolute Gasteiger partial charge is 0.203 e. The average molecular weight is 356 g/mol. The highest BCUT2D eigenvalue weighted by Crippen LogP contribution is 2.42.